The number of aliphatic hydroxyl groups excluding tert-OH is 1. The number of aliphatic hydroxyl groups is 1. The Labute approximate surface area is 123 Å². The standard InChI is InChI=1S/C18H29NO/c1-3-6-15(7-4-2)10-11-16-8-5-9-17(14-16)18(20)12-13-19/h5,8-10,14,18,20H,3-4,6-7,11-13,19H2,1-2H3. The fraction of sp³-hybridized carbons (Fsp3) is 0.556. The summed E-state index contributed by atoms with van der Waals surface area (Å²) in [5.41, 5.74) is 9.31. The van der Waals surface area contributed by atoms with Gasteiger partial charge in [-0.05, 0) is 43.4 Å². The van der Waals surface area contributed by atoms with E-state index in [0.717, 1.165) is 12.0 Å². The topological polar surface area (TPSA) is 46.2 Å². The van der Waals surface area contributed by atoms with Gasteiger partial charge in [0.25, 0.3) is 0 Å². The molecule has 0 saturated carbocycles. The molecule has 2 heteroatoms. The molecule has 0 aliphatic carbocycles. The van der Waals surface area contributed by atoms with Crippen molar-refractivity contribution < 1.29 is 5.11 Å². The summed E-state index contributed by atoms with van der Waals surface area (Å²) in [6.45, 7) is 4.98. The van der Waals surface area contributed by atoms with E-state index in [4.69, 9.17) is 5.73 Å². The molecule has 1 rings (SSSR count). The van der Waals surface area contributed by atoms with Crippen molar-refractivity contribution in [3.05, 3.63) is 47.0 Å². The number of hydrogen-bond donors (Lipinski definition) is 2. The van der Waals surface area contributed by atoms with Crippen molar-refractivity contribution in [3.8, 4) is 0 Å². The van der Waals surface area contributed by atoms with Crippen molar-refractivity contribution in [1.82, 2.24) is 0 Å². The summed E-state index contributed by atoms with van der Waals surface area (Å²) in [4.78, 5) is 0. The normalized spacial score (nSPS) is 12.2. The second kappa shape index (κ2) is 9.73. The number of benzene rings is 1. The average Bonchev–Trinajstić information content (AvgIpc) is 2.46. The molecule has 0 bridgehead atoms. The van der Waals surface area contributed by atoms with Gasteiger partial charge in [0.15, 0.2) is 0 Å². The number of rotatable bonds is 9. The molecule has 0 aliphatic heterocycles. The van der Waals surface area contributed by atoms with Crippen LogP contribution in [-0.4, -0.2) is 11.7 Å². The molecule has 0 fully saturated rings. The summed E-state index contributed by atoms with van der Waals surface area (Å²) in [6.07, 6.45) is 8.32. The second-order valence-electron chi connectivity index (χ2n) is 5.40. The Kier molecular flexibility index (Phi) is 8.24. The monoisotopic (exact) mass is 275 g/mol. The third-order valence-electron chi connectivity index (χ3n) is 3.54. The summed E-state index contributed by atoms with van der Waals surface area (Å²) in [6, 6.07) is 8.24. The minimum atomic E-state index is -0.435. The predicted octanol–water partition coefficient (Wildman–Crippen LogP) is 4.14. The zero-order valence-electron chi connectivity index (χ0n) is 12.9. The van der Waals surface area contributed by atoms with Crippen LogP contribution in [0.15, 0.2) is 35.9 Å². The van der Waals surface area contributed by atoms with Crippen LogP contribution in [0.2, 0.25) is 0 Å². The average molecular weight is 275 g/mol. The molecule has 0 radical (unpaired) electrons. The number of nitrogens with two attached hydrogens (primary N) is 1. The van der Waals surface area contributed by atoms with Crippen molar-refractivity contribution in [1.29, 1.82) is 0 Å². The highest BCUT2D eigenvalue weighted by Gasteiger charge is 2.06. The lowest BCUT2D eigenvalue weighted by molar-refractivity contribution is 0.170. The van der Waals surface area contributed by atoms with Gasteiger partial charge in [-0.1, -0.05) is 62.6 Å². The van der Waals surface area contributed by atoms with E-state index >= 15 is 0 Å². The Balaban J connectivity index is 2.71. The first-order chi connectivity index (χ1) is 9.71. The predicted molar refractivity (Wildman–Crippen MR) is 86.7 cm³/mol. The Morgan fingerprint density at radius 2 is 1.95 bits per heavy atom. The van der Waals surface area contributed by atoms with Crippen LogP contribution in [0, 0.1) is 0 Å². The Morgan fingerprint density at radius 1 is 1.25 bits per heavy atom. The van der Waals surface area contributed by atoms with Crippen LogP contribution in [0.3, 0.4) is 0 Å². The van der Waals surface area contributed by atoms with E-state index in [0.29, 0.717) is 13.0 Å². The van der Waals surface area contributed by atoms with Crippen LogP contribution >= 0.6 is 0 Å². The third-order valence-corrected chi connectivity index (χ3v) is 3.54. The van der Waals surface area contributed by atoms with Gasteiger partial charge in [0.05, 0.1) is 6.10 Å². The Hall–Kier alpha value is -1.12. The van der Waals surface area contributed by atoms with Crippen LogP contribution in [0.5, 0.6) is 0 Å². The summed E-state index contributed by atoms with van der Waals surface area (Å²) in [7, 11) is 0. The minimum Gasteiger partial charge on any atom is -0.388 e. The van der Waals surface area contributed by atoms with Crippen molar-refractivity contribution in [2.75, 3.05) is 6.54 Å². The number of allylic oxidation sites excluding steroid dienone is 2. The minimum absolute atomic E-state index is 0.435. The second-order valence-corrected chi connectivity index (χ2v) is 5.40. The lowest BCUT2D eigenvalue weighted by Crippen LogP contribution is -2.06. The maximum Gasteiger partial charge on any atom is 0.0802 e. The van der Waals surface area contributed by atoms with Gasteiger partial charge in [-0.15, -0.1) is 0 Å². The molecule has 0 spiro atoms. The van der Waals surface area contributed by atoms with E-state index < -0.39 is 6.10 Å². The molecule has 0 heterocycles. The first kappa shape index (κ1) is 16.9. The van der Waals surface area contributed by atoms with Gasteiger partial charge in [-0.3, -0.25) is 0 Å². The molecule has 1 atom stereocenters. The van der Waals surface area contributed by atoms with E-state index in [1.807, 2.05) is 12.1 Å². The van der Waals surface area contributed by atoms with E-state index in [2.05, 4.69) is 32.1 Å². The van der Waals surface area contributed by atoms with Crippen molar-refractivity contribution in [2.45, 2.75) is 58.5 Å². The van der Waals surface area contributed by atoms with Crippen molar-refractivity contribution >= 4 is 0 Å². The quantitative estimate of drug-likeness (QED) is 0.665. The molecule has 0 aliphatic rings. The highest BCUT2D eigenvalue weighted by Crippen LogP contribution is 2.19. The van der Waals surface area contributed by atoms with Gasteiger partial charge in [-0.2, -0.15) is 0 Å². The van der Waals surface area contributed by atoms with Crippen LogP contribution < -0.4 is 5.73 Å². The van der Waals surface area contributed by atoms with Gasteiger partial charge in [0.1, 0.15) is 0 Å². The zero-order valence-corrected chi connectivity index (χ0v) is 12.9. The molecule has 3 N–H and O–H groups in total. The fourth-order valence-corrected chi connectivity index (χ4v) is 2.49. The molecule has 0 aromatic heterocycles. The Bertz CT molecular complexity index is 404. The van der Waals surface area contributed by atoms with E-state index in [9.17, 15) is 5.11 Å². The van der Waals surface area contributed by atoms with E-state index in [1.165, 1.54) is 31.2 Å². The lowest BCUT2D eigenvalue weighted by Gasteiger charge is -2.11. The van der Waals surface area contributed by atoms with Gasteiger partial charge in [0.2, 0.25) is 0 Å². The molecule has 20 heavy (non-hydrogen) atoms. The molecule has 112 valence electrons. The van der Waals surface area contributed by atoms with Crippen molar-refractivity contribution in [3.63, 3.8) is 0 Å². The SMILES string of the molecule is CCCC(=CCc1cccc(C(O)CCN)c1)CCC. The Morgan fingerprint density at radius 3 is 2.55 bits per heavy atom. The van der Waals surface area contributed by atoms with Crippen molar-refractivity contribution in [2.24, 2.45) is 5.73 Å². The van der Waals surface area contributed by atoms with E-state index in [-0.39, 0.29) is 0 Å². The zero-order chi connectivity index (χ0) is 14.8. The van der Waals surface area contributed by atoms with Gasteiger partial charge < -0.3 is 10.8 Å². The summed E-state index contributed by atoms with van der Waals surface area (Å²) in [5, 5.41) is 10.00. The van der Waals surface area contributed by atoms with Crippen LogP contribution in [0.4, 0.5) is 0 Å². The smallest absolute Gasteiger partial charge is 0.0802 e. The van der Waals surface area contributed by atoms with Crippen LogP contribution in [0.25, 0.3) is 0 Å². The fourth-order valence-electron chi connectivity index (χ4n) is 2.49. The third kappa shape index (κ3) is 5.89. The maximum atomic E-state index is 10.00. The lowest BCUT2D eigenvalue weighted by atomic mass is 9.99. The first-order valence-corrected chi connectivity index (χ1v) is 7.86. The molecular formula is C18H29NO. The molecule has 0 amide bonds. The molecule has 0 saturated heterocycles. The summed E-state index contributed by atoms with van der Waals surface area (Å²) < 4.78 is 0. The highest BCUT2D eigenvalue weighted by atomic mass is 16.3. The largest absolute Gasteiger partial charge is 0.388 e. The first-order valence-electron chi connectivity index (χ1n) is 7.86. The highest BCUT2D eigenvalue weighted by molar-refractivity contribution is 5.27. The summed E-state index contributed by atoms with van der Waals surface area (Å²) >= 11 is 0. The summed E-state index contributed by atoms with van der Waals surface area (Å²) in [5.74, 6) is 0. The van der Waals surface area contributed by atoms with Crippen LogP contribution in [0.1, 0.15) is 63.2 Å². The van der Waals surface area contributed by atoms with Crippen LogP contribution in [-0.2, 0) is 6.42 Å². The molecule has 1 aromatic carbocycles. The number of hydrogen-bond acceptors (Lipinski definition) is 2. The van der Waals surface area contributed by atoms with Gasteiger partial charge >= 0.3 is 0 Å². The molecule has 2 nitrogen and oxygen atoms in total. The maximum absolute atomic E-state index is 10.00. The van der Waals surface area contributed by atoms with Gasteiger partial charge in [-0.25, -0.2) is 0 Å². The van der Waals surface area contributed by atoms with E-state index in [1.54, 1.807) is 5.57 Å². The molecular weight excluding hydrogens is 246 g/mol. The molecule has 1 aromatic rings. The molecule has 1 unspecified atom stereocenters. The van der Waals surface area contributed by atoms with Gasteiger partial charge in [0, 0.05) is 0 Å².